The highest BCUT2D eigenvalue weighted by molar-refractivity contribution is 7.92. The van der Waals surface area contributed by atoms with Crippen LogP contribution in [0, 0.1) is 11.3 Å². The second-order valence-corrected chi connectivity index (χ2v) is 6.73. The van der Waals surface area contributed by atoms with Crippen LogP contribution in [0.25, 0.3) is 5.57 Å². The van der Waals surface area contributed by atoms with Crippen molar-refractivity contribution in [3.05, 3.63) is 66.6 Å². The summed E-state index contributed by atoms with van der Waals surface area (Å²) in [5.74, 6) is 0.159. The Morgan fingerprint density at radius 3 is 2.42 bits per heavy atom. The Hall–Kier alpha value is -3.71. The number of aromatic nitrogens is 4. The van der Waals surface area contributed by atoms with E-state index in [1.165, 1.54) is 18.3 Å². The molecule has 0 amide bonds. The lowest BCUT2D eigenvalue weighted by molar-refractivity contribution is 0.601. The van der Waals surface area contributed by atoms with Gasteiger partial charge in [0.2, 0.25) is 5.82 Å². The van der Waals surface area contributed by atoms with E-state index in [9.17, 15) is 8.42 Å². The molecule has 0 saturated carbocycles. The third-order valence-corrected chi connectivity index (χ3v) is 4.68. The number of rotatable bonds is 6. The van der Waals surface area contributed by atoms with E-state index in [1.807, 2.05) is 6.07 Å². The first kappa shape index (κ1) is 17.1. The highest BCUT2D eigenvalue weighted by Crippen LogP contribution is 2.18. The number of tetrazole rings is 1. The summed E-state index contributed by atoms with van der Waals surface area (Å²) in [7, 11) is -3.68. The molecule has 1 aromatic heterocycles. The molecule has 10 heteroatoms. The maximum atomic E-state index is 12.4. The average Bonchev–Trinajstić information content (AvgIpc) is 3.18. The minimum Gasteiger partial charge on any atom is -0.360 e. The number of nitrogens with zero attached hydrogens (tertiary/aromatic N) is 4. The Labute approximate surface area is 149 Å². The van der Waals surface area contributed by atoms with Crippen molar-refractivity contribution < 1.29 is 8.42 Å². The van der Waals surface area contributed by atoms with Crippen molar-refractivity contribution in [3.8, 4) is 6.07 Å². The second-order valence-electron chi connectivity index (χ2n) is 5.05. The Kier molecular flexibility index (Phi) is 4.91. The molecule has 0 fully saturated rings. The first-order valence-corrected chi connectivity index (χ1v) is 8.85. The van der Waals surface area contributed by atoms with Crippen molar-refractivity contribution in [2.45, 2.75) is 4.90 Å². The van der Waals surface area contributed by atoms with Gasteiger partial charge in [-0.05, 0) is 41.6 Å². The fraction of sp³-hybridized carbons (Fsp3) is 0. The number of hydrogen-bond donors (Lipinski definition) is 3. The third-order valence-electron chi connectivity index (χ3n) is 3.28. The quantitative estimate of drug-likeness (QED) is 0.567. The monoisotopic (exact) mass is 367 g/mol. The molecular weight excluding hydrogens is 354 g/mol. The number of allylic oxidation sites excluding steroid dienone is 1. The van der Waals surface area contributed by atoms with Crippen LogP contribution in [-0.4, -0.2) is 29.0 Å². The smallest absolute Gasteiger partial charge is 0.261 e. The number of H-pyrrole nitrogens is 1. The largest absolute Gasteiger partial charge is 0.360 e. The van der Waals surface area contributed by atoms with Gasteiger partial charge in [-0.3, -0.25) is 4.72 Å². The summed E-state index contributed by atoms with van der Waals surface area (Å²) in [5.41, 5.74) is 1.26. The normalized spacial score (nSPS) is 11.6. The molecule has 0 saturated heterocycles. The van der Waals surface area contributed by atoms with Crippen LogP contribution < -0.4 is 10.0 Å². The molecular formula is C16H13N7O2S. The summed E-state index contributed by atoms with van der Waals surface area (Å²) in [4.78, 5) is 0.120. The SMILES string of the molecule is N#CC(=CNc1ccc(S(=O)(=O)Nc2ccccc2)cc1)c1nn[nH]n1. The molecule has 0 atom stereocenters. The van der Waals surface area contributed by atoms with Crippen LogP contribution in [0.4, 0.5) is 11.4 Å². The molecule has 3 aromatic rings. The summed E-state index contributed by atoms with van der Waals surface area (Å²) < 4.78 is 27.2. The zero-order chi connectivity index (χ0) is 18.4. The molecule has 2 aromatic carbocycles. The van der Waals surface area contributed by atoms with E-state index in [0.717, 1.165) is 0 Å². The van der Waals surface area contributed by atoms with Crippen molar-refractivity contribution in [1.82, 2.24) is 20.6 Å². The van der Waals surface area contributed by atoms with Crippen molar-refractivity contribution in [2.24, 2.45) is 0 Å². The zero-order valence-corrected chi connectivity index (χ0v) is 14.1. The standard InChI is InChI=1S/C16H13N7O2S/c17-10-12(16-19-22-23-20-16)11-18-13-6-8-15(9-7-13)26(24,25)21-14-4-2-1-3-5-14/h1-9,11,18,21H,(H,19,20,22,23). The zero-order valence-electron chi connectivity index (χ0n) is 13.3. The lowest BCUT2D eigenvalue weighted by Gasteiger charge is -2.08. The van der Waals surface area contributed by atoms with E-state index < -0.39 is 10.0 Å². The first-order chi connectivity index (χ1) is 12.6. The van der Waals surface area contributed by atoms with E-state index >= 15 is 0 Å². The number of benzene rings is 2. The molecule has 0 bridgehead atoms. The summed E-state index contributed by atoms with van der Waals surface area (Å²) in [6.07, 6.45) is 1.41. The van der Waals surface area contributed by atoms with Gasteiger partial charge in [0.05, 0.1) is 4.90 Å². The lowest BCUT2D eigenvalue weighted by Crippen LogP contribution is -2.12. The van der Waals surface area contributed by atoms with Gasteiger partial charge in [0.25, 0.3) is 10.0 Å². The minimum absolute atomic E-state index is 0.120. The molecule has 9 nitrogen and oxygen atoms in total. The Morgan fingerprint density at radius 1 is 1.08 bits per heavy atom. The maximum absolute atomic E-state index is 12.4. The van der Waals surface area contributed by atoms with Crippen LogP contribution in [0.15, 0.2) is 65.7 Å². The van der Waals surface area contributed by atoms with E-state index in [0.29, 0.717) is 11.4 Å². The summed E-state index contributed by atoms with van der Waals surface area (Å²) in [5, 5.41) is 25.1. The van der Waals surface area contributed by atoms with E-state index in [1.54, 1.807) is 42.5 Å². The number of aromatic amines is 1. The van der Waals surface area contributed by atoms with Crippen LogP contribution in [-0.2, 0) is 10.0 Å². The van der Waals surface area contributed by atoms with Crippen molar-refractivity contribution in [1.29, 1.82) is 5.26 Å². The molecule has 0 aliphatic heterocycles. The average molecular weight is 367 g/mol. The van der Waals surface area contributed by atoms with Crippen LogP contribution in [0.1, 0.15) is 5.82 Å². The maximum Gasteiger partial charge on any atom is 0.261 e. The first-order valence-electron chi connectivity index (χ1n) is 7.37. The van der Waals surface area contributed by atoms with E-state index in [4.69, 9.17) is 5.26 Å². The minimum atomic E-state index is -3.68. The highest BCUT2D eigenvalue weighted by atomic mass is 32.2. The van der Waals surface area contributed by atoms with Crippen LogP contribution in [0.2, 0.25) is 0 Å². The molecule has 1 heterocycles. The lowest BCUT2D eigenvalue weighted by atomic mass is 10.3. The Bertz CT molecular complexity index is 1040. The number of para-hydroxylation sites is 1. The molecule has 26 heavy (non-hydrogen) atoms. The van der Waals surface area contributed by atoms with E-state index in [2.05, 4.69) is 30.7 Å². The van der Waals surface area contributed by atoms with E-state index in [-0.39, 0.29) is 16.3 Å². The summed E-state index contributed by atoms with van der Waals surface area (Å²) in [6.45, 7) is 0. The number of nitriles is 1. The predicted octanol–water partition coefficient (Wildman–Crippen LogP) is 1.98. The molecule has 0 aliphatic rings. The number of hydrogen-bond acceptors (Lipinski definition) is 7. The molecule has 0 radical (unpaired) electrons. The van der Waals surface area contributed by atoms with Crippen molar-refractivity contribution in [3.63, 3.8) is 0 Å². The summed E-state index contributed by atoms with van der Waals surface area (Å²) >= 11 is 0. The molecule has 0 unspecified atom stereocenters. The van der Waals surface area contributed by atoms with Crippen molar-refractivity contribution in [2.75, 3.05) is 10.0 Å². The number of nitrogens with one attached hydrogen (secondary N) is 3. The molecule has 0 aliphatic carbocycles. The number of sulfonamides is 1. The van der Waals surface area contributed by atoms with Gasteiger partial charge in [-0.15, -0.1) is 10.2 Å². The third kappa shape index (κ3) is 4.03. The van der Waals surface area contributed by atoms with Crippen LogP contribution in [0.5, 0.6) is 0 Å². The molecule has 130 valence electrons. The fourth-order valence-corrected chi connectivity index (χ4v) is 3.09. The van der Waals surface area contributed by atoms with Gasteiger partial charge in [0, 0.05) is 17.6 Å². The summed E-state index contributed by atoms with van der Waals surface area (Å²) in [6, 6.07) is 16.7. The molecule has 3 rings (SSSR count). The Morgan fingerprint density at radius 2 is 1.81 bits per heavy atom. The molecule has 0 spiro atoms. The van der Waals surface area contributed by atoms with Crippen LogP contribution in [0.3, 0.4) is 0 Å². The van der Waals surface area contributed by atoms with Gasteiger partial charge < -0.3 is 5.32 Å². The fourth-order valence-electron chi connectivity index (χ4n) is 2.03. The Balaban J connectivity index is 1.73. The highest BCUT2D eigenvalue weighted by Gasteiger charge is 2.13. The van der Waals surface area contributed by atoms with Gasteiger partial charge in [0.1, 0.15) is 11.6 Å². The van der Waals surface area contributed by atoms with Gasteiger partial charge in [-0.1, -0.05) is 18.2 Å². The second kappa shape index (κ2) is 7.45. The number of anilines is 2. The topological polar surface area (TPSA) is 136 Å². The van der Waals surface area contributed by atoms with Gasteiger partial charge in [0.15, 0.2) is 0 Å². The van der Waals surface area contributed by atoms with Gasteiger partial charge in [-0.2, -0.15) is 10.5 Å². The van der Waals surface area contributed by atoms with Crippen LogP contribution >= 0.6 is 0 Å². The van der Waals surface area contributed by atoms with Gasteiger partial charge >= 0.3 is 0 Å². The molecule has 3 N–H and O–H groups in total. The van der Waals surface area contributed by atoms with Crippen molar-refractivity contribution >= 4 is 27.0 Å². The van der Waals surface area contributed by atoms with Gasteiger partial charge in [-0.25, -0.2) is 8.42 Å². The predicted molar refractivity (Wildman–Crippen MR) is 95.1 cm³/mol.